The highest BCUT2D eigenvalue weighted by atomic mass is 16.6. The van der Waals surface area contributed by atoms with Crippen molar-refractivity contribution < 1.29 is 14.5 Å². The predicted octanol–water partition coefficient (Wildman–Crippen LogP) is 1.01. The minimum atomic E-state index is -0.533. The fourth-order valence-corrected chi connectivity index (χ4v) is 1.28. The molecule has 0 atom stereocenters. The van der Waals surface area contributed by atoms with Crippen molar-refractivity contribution in [3.8, 4) is 5.75 Å². The van der Waals surface area contributed by atoms with Crippen LogP contribution in [0.25, 0.3) is 0 Å². The summed E-state index contributed by atoms with van der Waals surface area (Å²) < 4.78 is 4.95. The molecule has 86 valence electrons. The molecule has 1 aromatic rings. The number of benzene rings is 1. The van der Waals surface area contributed by atoms with Crippen LogP contribution in [0.15, 0.2) is 18.2 Å². The molecule has 0 radical (unpaired) electrons. The number of nitro groups is 1. The molecule has 0 aliphatic rings. The smallest absolute Gasteiger partial charge is 0.273 e. The Morgan fingerprint density at radius 1 is 1.56 bits per heavy atom. The van der Waals surface area contributed by atoms with Gasteiger partial charge in [-0.05, 0) is 13.1 Å². The molecule has 1 N–H and O–H groups in total. The van der Waals surface area contributed by atoms with Crippen LogP contribution in [0.5, 0.6) is 5.75 Å². The first-order valence-corrected chi connectivity index (χ1v) is 4.60. The Labute approximate surface area is 92.4 Å². The summed E-state index contributed by atoms with van der Waals surface area (Å²) in [5.41, 5.74) is 0.236. The van der Waals surface area contributed by atoms with Gasteiger partial charge in [0.05, 0.1) is 30.2 Å². The third kappa shape index (κ3) is 2.54. The van der Waals surface area contributed by atoms with E-state index in [4.69, 9.17) is 4.74 Å². The van der Waals surface area contributed by atoms with E-state index >= 15 is 0 Å². The highest BCUT2D eigenvalue weighted by Gasteiger charge is 2.15. The molecule has 0 amide bonds. The summed E-state index contributed by atoms with van der Waals surface area (Å²) in [5.74, 6) is 0.0451. The fourth-order valence-electron chi connectivity index (χ4n) is 1.28. The van der Waals surface area contributed by atoms with Gasteiger partial charge in [-0.15, -0.1) is 0 Å². The number of likely N-dealkylation sites (N-methyl/N-ethyl adjacent to an activating group) is 1. The lowest BCUT2D eigenvalue weighted by Gasteiger charge is -2.06. The molecule has 0 saturated heterocycles. The molecule has 0 bridgehead atoms. The van der Waals surface area contributed by atoms with E-state index in [0.29, 0.717) is 5.56 Å². The zero-order valence-electron chi connectivity index (χ0n) is 9.02. The SMILES string of the molecule is CNCC(=O)c1ccc([N+](=O)[O-])cc1OC. The number of rotatable bonds is 5. The predicted molar refractivity (Wildman–Crippen MR) is 57.9 cm³/mol. The molecule has 16 heavy (non-hydrogen) atoms. The summed E-state index contributed by atoms with van der Waals surface area (Å²) in [7, 11) is 3.02. The number of hydrogen-bond donors (Lipinski definition) is 1. The van der Waals surface area contributed by atoms with Crippen molar-refractivity contribution in [2.24, 2.45) is 0 Å². The van der Waals surface area contributed by atoms with Crippen molar-refractivity contribution in [2.45, 2.75) is 0 Å². The number of carbonyl (C=O) groups is 1. The van der Waals surface area contributed by atoms with Crippen LogP contribution in [-0.2, 0) is 0 Å². The molecule has 0 spiro atoms. The number of nitrogens with zero attached hydrogens (tertiary/aromatic N) is 1. The second-order valence-corrected chi connectivity index (χ2v) is 3.10. The molecule has 0 saturated carbocycles. The van der Waals surface area contributed by atoms with Crippen LogP contribution in [0.3, 0.4) is 0 Å². The molecular formula is C10H12N2O4. The number of Topliss-reactive ketones (excluding diaryl/α,β-unsaturated/α-hetero) is 1. The highest BCUT2D eigenvalue weighted by Crippen LogP contribution is 2.24. The topological polar surface area (TPSA) is 81.5 Å². The van der Waals surface area contributed by atoms with Crippen LogP contribution >= 0.6 is 0 Å². The third-order valence-corrected chi connectivity index (χ3v) is 2.03. The van der Waals surface area contributed by atoms with E-state index in [1.807, 2.05) is 0 Å². The van der Waals surface area contributed by atoms with Crippen molar-refractivity contribution in [1.29, 1.82) is 0 Å². The second-order valence-electron chi connectivity index (χ2n) is 3.10. The van der Waals surface area contributed by atoms with Crippen LogP contribution in [0, 0.1) is 10.1 Å². The monoisotopic (exact) mass is 224 g/mol. The number of non-ortho nitro benzene ring substituents is 1. The van der Waals surface area contributed by atoms with Crippen molar-refractivity contribution >= 4 is 11.5 Å². The maximum absolute atomic E-state index is 11.6. The minimum Gasteiger partial charge on any atom is -0.496 e. The lowest BCUT2D eigenvalue weighted by Crippen LogP contribution is -2.19. The van der Waals surface area contributed by atoms with E-state index in [-0.39, 0.29) is 23.8 Å². The lowest BCUT2D eigenvalue weighted by atomic mass is 10.1. The van der Waals surface area contributed by atoms with Gasteiger partial charge in [-0.2, -0.15) is 0 Å². The molecular weight excluding hydrogens is 212 g/mol. The summed E-state index contributed by atoms with van der Waals surface area (Å²) in [4.78, 5) is 21.6. The quantitative estimate of drug-likeness (QED) is 0.458. The van der Waals surface area contributed by atoms with Crippen molar-refractivity contribution in [3.63, 3.8) is 0 Å². The molecule has 0 aliphatic heterocycles. The van der Waals surface area contributed by atoms with Gasteiger partial charge in [-0.1, -0.05) is 0 Å². The van der Waals surface area contributed by atoms with Crippen molar-refractivity contribution in [1.82, 2.24) is 5.32 Å². The molecule has 6 heteroatoms. The zero-order chi connectivity index (χ0) is 12.1. The van der Waals surface area contributed by atoms with Crippen LogP contribution in [-0.4, -0.2) is 31.4 Å². The third-order valence-electron chi connectivity index (χ3n) is 2.03. The fraction of sp³-hybridized carbons (Fsp3) is 0.300. The van der Waals surface area contributed by atoms with E-state index in [9.17, 15) is 14.9 Å². The van der Waals surface area contributed by atoms with Gasteiger partial charge in [-0.3, -0.25) is 14.9 Å². The summed E-state index contributed by atoms with van der Waals surface area (Å²) in [5, 5.41) is 13.2. The Hall–Kier alpha value is -1.95. The first-order chi connectivity index (χ1) is 7.60. The number of ether oxygens (including phenoxy) is 1. The number of nitro benzene ring substituents is 1. The maximum atomic E-state index is 11.6. The number of carbonyl (C=O) groups excluding carboxylic acids is 1. The Morgan fingerprint density at radius 2 is 2.25 bits per heavy atom. The Balaban J connectivity index is 3.11. The lowest BCUT2D eigenvalue weighted by molar-refractivity contribution is -0.384. The Morgan fingerprint density at radius 3 is 2.75 bits per heavy atom. The standard InChI is InChI=1S/C10H12N2O4/c1-11-6-9(13)8-4-3-7(12(14)15)5-10(8)16-2/h3-5,11H,6H2,1-2H3. The molecule has 1 aromatic carbocycles. The Bertz CT molecular complexity index is 417. The zero-order valence-corrected chi connectivity index (χ0v) is 9.02. The molecule has 0 unspecified atom stereocenters. The van der Waals surface area contributed by atoms with Gasteiger partial charge < -0.3 is 10.1 Å². The highest BCUT2D eigenvalue weighted by molar-refractivity contribution is 6.00. The molecule has 0 aromatic heterocycles. The number of nitrogens with one attached hydrogen (secondary N) is 1. The molecule has 0 fully saturated rings. The van der Waals surface area contributed by atoms with Crippen LogP contribution in [0.1, 0.15) is 10.4 Å². The summed E-state index contributed by atoms with van der Waals surface area (Å²) in [6.07, 6.45) is 0. The van der Waals surface area contributed by atoms with E-state index in [1.165, 1.54) is 25.3 Å². The minimum absolute atomic E-state index is 0.0992. The summed E-state index contributed by atoms with van der Waals surface area (Å²) in [6, 6.07) is 3.92. The van der Waals surface area contributed by atoms with Gasteiger partial charge >= 0.3 is 0 Å². The normalized spacial score (nSPS) is 9.88. The Kier molecular flexibility index (Phi) is 3.96. The molecule has 0 heterocycles. The number of hydrogen-bond acceptors (Lipinski definition) is 5. The first-order valence-electron chi connectivity index (χ1n) is 4.60. The van der Waals surface area contributed by atoms with Gasteiger partial charge in [-0.25, -0.2) is 0 Å². The number of ketones is 1. The van der Waals surface area contributed by atoms with Crippen LogP contribution < -0.4 is 10.1 Å². The summed E-state index contributed by atoms with van der Waals surface area (Å²) >= 11 is 0. The molecule has 1 rings (SSSR count). The average Bonchev–Trinajstić information content (AvgIpc) is 2.28. The molecule has 0 aliphatic carbocycles. The first kappa shape index (κ1) is 12.1. The number of methoxy groups -OCH3 is 1. The van der Waals surface area contributed by atoms with Gasteiger partial charge in [0, 0.05) is 6.07 Å². The summed E-state index contributed by atoms with van der Waals surface area (Å²) in [6.45, 7) is 0.161. The van der Waals surface area contributed by atoms with Gasteiger partial charge in [0.1, 0.15) is 5.75 Å². The van der Waals surface area contributed by atoms with Gasteiger partial charge in [0.2, 0.25) is 0 Å². The van der Waals surface area contributed by atoms with Crippen molar-refractivity contribution in [3.05, 3.63) is 33.9 Å². The van der Waals surface area contributed by atoms with Gasteiger partial charge in [0.25, 0.3) is 5.69 Å². The van der Waals surface area contributed by atoms with E-state index in [2.05, 4.69) is 5.32 Å². The van der Waals surface area contributed by atoms with Crippen molar-refractivity contribution in [2.75, 3.05) is 20.7 Å². The second kappa shape index (κ2) is 5.22. The van der Waals surface area contributed by atoms with E-state index in [0.717, 1.165) is 0 Å². The average molecular weight is 224 g/mol. The van der Waals surface area contributed by atoms with E-state index in [1.54, 1.807) is 7.05 Å². The van der Waals surface area contributed by atoms with E-state index < -0.39 is 4.92 Å². The largest absolute Gasteiger partial charge is 0.496 e. The van der Waals surface area contributed by atoms with Gasteiger partial charge in [0.15, 0.2) is 5.78 Å². The maximum Gasteiger partial charge on any atom is 0.273 e. The van der Waals surface area contributed by atoms with Crippen LogP contribution in [0.4, 0.5) is 5.69 Å². The molecule has 6 nitrogen and oxygen atoms in total. The van der Waals surface area contributed by atoms with Crippen LogP contribution in [0.2, 0.25) is 0 Å².